The van der Waals surface area contributed by atoms with Gasteiger partial charge in [0.1, 0.15) is 16.7 Å². The van der Waals surface area contributed by atoms with E-state index in [4.69, 9.17) is 58.0 Å². The summed E-state index contributed by atoms with van der Waals surface area (Å²) in [7, 11) is 0. The van der Waals surface area contributed by atoms with Crippen LogP contribution >= 0.6 is 58.0 Å². The molecule has 16 heteroatoms. The van der Waals surface area contributed by atoms with Crippen molar-refractivity contribution in [3.63, 3.8) is 0 Å². The molecule has 0 saturated heterocycles. The topological polar surface area (TPSA) is 143 Å². The number of nitriles is 1. The molecule has 0 unspecified atom stereocenters. The Bertz CT molecular complexity index is 2060. The van der Waals surface area contributed by atoms with Gasteiger partial charge in [0.2, 0.25) is 0 Å². The third kappa shape index (κ3) is 6.43. The molecule has 0 aliphatic rings. The van der Waals surface area contributed by atoms with Crippen LogP contribution < -0.4 is 10.6 Å². The molecule has 2 N–H and O–H groups in total. The molecule has 5 rings (SSSR count). The van der Waals surface area contributed by atoms with Crippen molar-refractivity contribution in [1.29, 1.82) is 5.26 Å². The molecule has 3 aromatic heterocycles. The van der Waals surface area contributed by atoms with Crippen LogP contribution in [-0.4, -0.2) is 47.1 Å². The summed E-state index contributed by atoms with van der Waals surface area (Å²) in [6.45, 7) is 7.14. The maximum Gasteiger partial charge on any atom is 0.274 e. The van der Waals surface area contributed by atoms with Crippen LogP contribution in [0.15, 0.2) is 36.5 Å². The van der Waals surface area contributed by atoms with Gasteiger partial charge in [0.05, 0.1) is 60.2 Å². The van der Waals surface area contributed by atoms with E-state index in [1.54, 1.807) is 25.1 Å². The number of pyridine rings is 1. The molecule has 0 saturated carbocycles. The minimum Gasteiger partial charge on any atom is -0.347 e. The molecule has 0 fully saturated rings. The van der Waals surface area contributed by atoms with Crippen LogP contribution in [0.2, 0.25) is 25.1 Å². The Morgan fingerprint density at radius 3 is 2.38 bits per heavy atom. The number of carbonyl (C=O) groups excluding carboxylic acids is 2. The van der Waals surface area contributed by atoms with Crippen molar-refractivity contribution in [3.05, 3.63) is 89.7 Å². The van der Waals surface area contributed by atoms with Crippen LogP contribution in [0.5, 0.6) is 0 Å². The number of carbonyl (C=O) groups is 2. The van der Waals surface area contributed by atoms with Gasteiger partial charge in [-0.25, -0.2) is 14.3 Å². The van der Waals surface area contributed by atoms with Gasteiger partial charge in [-0.15, -0.1) is 5.10 Å². The first kappa shape index (κ1) is 32.5. The highest BCUT2D eigenvalue weighted by Gasteiger charge is 2.26. The second kappa shape index (κ2) is 12.5. The third-order valence-corrected chi connectivity index (χ3v) is 8.49. The van der Waals surface area contributed by atoms with Crippen LogP contribution in [0, 0.1) is 18.3 Å². The molecule has 2 amide bonds. The minimum absolute atomic E-state index is 0.0165. The molecule has 0 bridgehead atoms. The molecule has 0 spiro atoms. The quantitative estimate of drug-likeness (QED) is 0.140. The molecule has 11 nitrogen and oxygen atoms in total. The van der Waals surface area contributed by atoms with E-state index >= 15 is 0 Å². The van der Waals surface area contributed by atoms with Crippen molar-refractivity contribution < 1.29 is 9.59 Å². The number of benzene rings is 2. The predicted molar refractivity (Wildman–Crippen MR) is 174 cm³/mol. The van der Waals surface area contributed by atoms with E-state index in [2.05, 4.69) is 31.0 Å². The van der Waals surface area contributed by atoms with Crippen molar-refractivity contribution >= 4 is 86.5 Å². The van der Waals surface area contributed by atoms with E-state index in [1.807, 2.05) is 26.8 Å². The summed E-state index contributed by atoms with van der Waals surface area (Å²) in [4.78, 5) is 31.5. The van der Waals surface area contributed by atoms with Gasteiger partial charge in [-0.2, -0.15) is 10.4 Å². The number of nitrogens with one attached hydrogen (secondary N) is 2. The smallest absolute Gasteiger partial charge is 0.274 e. The highest BCUT2D eigenvalue weighted by molar-refractivity contribution is 6.55. The van der Waals surface area contributed by atoms with Crippen LogP contribution in [0.1, 0.15) is 58.4 Å². The Balaban J connectivity index is 1.60. The van der Waals surface area contributed by atoms with Crippen molar-refractivity contribution in [2.45, 2.75) is 39.8 Å². The Kier molecular flexibility index (Phi) is 8.99. The number of hydrogen-bond acceptors (Lipinski definition) is 7. The molecule has 45 heavy (non-hydrogen) atoms. The predicted octanol–water partition coefficient (Wildman–Crippen LogP) is 7.29. The van der Waals surface area contributed by atoms with E-state index in [0.717, 1.165) is 0 Å². The fraction of sp³-hybridized carbons (Fsp3) is 0.207. The normalized spacial score (nSPS) is 11.5. The van der Waals surface area contributed by atoms with Crippen molar-refractivity contribution in [2.24, 2.45) is 0 Å². The summed E-state index contributed by atoms with van der Waals surface area (Å²) < 4.78 is 2.69. The summed E-state index contributed by atoms with van der Waals surface area (Å²) in [6.07, 6.45) is 1.50. The van der Waals surface area contributed by atoms with Crippen LogP contribution in [-0.2, 0) is 6.54 Å². The molecular weight excluding hydrogens is 684 g/mol. The SMILES string of the molecule is Cc1cc(C#N)cc(C(=O)NC(C)(C)C)c1NC(=O)c1cc(Cn2nnc3c(Cl)c(Cl)c(Cl)c(Cl)c32)nn1-c1ncccc1Cl. The minimum atomic E-state index is -0.632. The first-order chi connectivity index (χ1) is 21.2. The zero-order chi connectivity index (χ0) is 32.8. The van der Waals surface area contributed by atoms with Gasteiger partial charge in [0.25, 0.3) is 11.8 Å². The Hall–Kier alpha value is -3.92. The molecule has 5 aromatic rings. The number of aryl methyl sites for hydroxylation is 1. The molecule has 230 valence electrons. The van der Waals surface area contributed by atoms with Crippen LogP contribution in [0.3, 0.4) is 0 Å². The maximum absolute atomic E-state index is 14.0. The number of aromatic nitrogens is 6. The van der Waals surface area contributed by atoms with E-state index in [0.29, 0.717) is 16.8 Å². The van der Waals surface area contributed by atoms with Crippen molar-refractivity contribution in [1.82, 2.24) is 35.1 Å². The summed E-state index contributed by atoms with van der Waals surface area (Å²) in [6, 6.07) is 9.79. The first-order valence-electron chi connectivity index (χ1n) is 13.1. The van der Waals surface area contributed by atoms with Gasteiger partial charge in [0, 0.05) is 11.7 Å². The summed E-state index contributed by atoms with van der Waals surface area (Å²) in [5, 5.41) is 28.5. The highest BCUT2D eigenvalue weighted by atomic mass is 35.5. The van der Waals surface area contributed by atoms with Crippen molar-refractivity contribution in [3.8, 4) is 11.9 Å². The van der Waals surface area contributed by atoms with Gasteiger partial charge in [-0.3, -0.25) is 9.59 Å². The third-order valence-electron chi connectivity index (χ3n) is 6.41. The van der Waals surface area contributed by atoms with Crippen LogP contribution in [0.4, 0.5) is 5.69 Å². The lowest BCUT2D eigenvalue weighted by atomic mass is 10.0. The van der Waals surface area contributed by atoms with Gasteiger partial charge >= 0.3 is 0 Å². The molecule has 2 aromatic carbocycles. The van der Waals surface area contributed by atoms with E-state index in [1.165, 1.54) is 27.7 Å². The maximum atomic E-state index is 14.0. The second-order valence-electron chi connectivity index (χ2n) is 10.9. The van der Waals surface area contributed by atoms with Gasteiger partial charge in [0.15, 0.2) is 5.82 Å². The Morgan fingerprint density at radius 2 is 1.71 bits per heavy atom. The molecular formula is C29H22Cl5N9O2. The number of hydrogen-bond donors (Lipinski definition) is 2. The summed E-state index contributed by atoms with van der Waals surface area (Å²) >= 11 is 31.7. The van der Waals surface area contributed by atoms with Gasteiger partial charge in [-0.05, 0) is 63.6 Å². The summed E-state index contributed by atoms with van der Waals surface area (Å²) in [5.41, 5.74) is 1.45. The average Bonchev–Trinajstić information content (AvgIpc) is 3.60. The number of rotatable bonds is 6. The fourth-order valence-electron chi connectivity index (χ4n) is 4.49. The lowest BCUT2D eigenvalue weighted by Crippen LogP contribution is -2.41. The monoisotopic (exact) mass is 703 g/mol. The number of halogens is 5. The zero-order valence-electron chi connectivity index (χ0n) is 24.0. The van der Waals surface area contributed by atoms with Gasteiger partial charge < -0.3 is 10.6 Å². The molecule has 3 heterocycles. The number of amides is 2. The standard InChI is InChI=1S/C29H22Cl5N9O2/c1-13-8-14(11-35)9-16(27(44)38-29(2,3)4)23(13)37-28(45)18-10-15(40-43(18)26-17(30)6-5-7-36-26)12-42-25-22(34)20(32)19(31)21(33)24(25)39-41-42/h5-10H,12H2,1-4H3,(H,37,45)(H,38,44). The Labute approximate surface area is 282 Å². The zero-order valence-corrected chi connectivity index (χ0v) is 27.8. The lowest BCUT2D eigenvalue weighted by molar-refractivity contribution is 0.0920. The highest BCUT2D eigenvalue weighted by Crippen LogP contribution is 2.42. The first-order valence-corrected chi connectivity index (χ1v) is 15.0. The van der Waals surface area contributed by atoms with Crippen molar-refractivity contribution in [2.75, 3.05) is 5.32 Å². The van der Waals surface area contributed by atoms with E-state index in [-0.39, 0.29) is 65.5 Å². The molecule has 0 aliphatic heterocycles. The van der Waals surface area contributed by atoms with E-state index in [9.17, 15) is 14.9 Å². The molecule has 0 radical (unpaired) electrons. The largest absolute Gasteiger partial charge is 0.347 e. The van der Waals surface area contributed by atoms with E-state index < -0.39 is 17.4 Å². The second-order valence-corrected chi connectivity index (χ2v) is 12.8. The molecule has 0 atom stereocenters. The molecule has 0 aliphatic carbocycles. The average molecular weight is 706 g/mol. The number of nitrogens with zero attached hydrogens (tertiary/aromatic N) is 7. The fourth-order valence-corrected chi connectivity index (χ4v) is 5.66. The lowest BCUT2D eigenvalue weighted by Gasteiger charge is -2.22. The summed E-state index contributed by atoms with van der Waals surface area (Å²) in [5.74, 6) is -0.920. The Morgan fingerprint density at radius 1 is 1.00 bits per heavy atom. The number of anilines is 1. The number of fused-ring (bicyclic) bond motifs is 1. The van der Waals surface area contributed by atoms with Gasteiger partial charge in [-0.1, -0.05) is 63.2 Å². The van der Waals surface area contributed by atoms with Crippen LogP contribution in [0.25, 0.3) is 16.9 Å².